The summed E-state index contributed by atoms with van der Waals surface area (Å²) in [7, 11) is 1.47. The highest BCUT2D eigenvalue weighted by Gasteiger charge is 2.23. The summed E-state index contributed by atoms with van der Waals surface area (Å²) < 4.78 is 1.25. The molecule has 0 aliphatic rings. The van der Waals surface area contributed by atoms with Crippen LogP contribution in [0.15, 0.2) is 51.4 Å². The van der Waals surface area contributed by atoms with E-state index in [1.54, 1.807) is 5.38 Å². The van der Waals surface area contributed by atoms with Crippen molar-refractivity contribution in [1.29, 1.82) is 0 Å². The number of nitrogens with zero attached hydrogens (tertiary/aromatic N) is 2. The minimum Gasteiger partial charge on any atom is -0.383 e. The maximum absolute atomic E-state index is 12.7. The van der Waals surface area contributed by atoms with Gasteiger partial charge >= 0.3 is 5.69 Å². The van der Waals surface area contributed by atoms with E-state index in [-0.39, 0.29) is 24.0 Å². The quantitative estimate of drug-likeness (QED) is 0.731. The lowest BCUT2D eigenvalue weighted by Crippen LogP contribution is -2.39. The van der Waals surface area contributed by atoms with Crippen LogP contribution >= 0.6 is 11.3 Å². The molecule has 26 heavy (non-hydrogen) atoms. The van der Waals surface area contributed by atoms with E-state index in [0.29, 0.717) is 4.88 Å². The molecule has 3 rings (SSSR count). The Morgan fingerprint density at radius 1 is 1.23 bits per heavy atom. The zero-order chi connectivity index (χ0) is 18.8. The number of carbonyl (C=O) groups is 1. The molecule has 0 unspecified atom stereocenters. The number of aromatic nitrogens is 2. The molecule has 0 spiro atoms. The van der Waals surface area contributed by atoms with Gasteiger partial charge in [-0.2, -0.15) is 0 Å². The third kappa shape index (κ3) is 3.18. The van der Waals surface area contributed by atoms with Crippen LogP contribution < -0.4 is 21.9 Å². The highest BCUT2D eigenvalue weighted by atomic mass is 32.1. The Hall–Kier alpha value is -3.13. The van der Waals surface area contributed by atoms with Gasteiger partial charge in [-0.1, -0.05) is 30.3 Å². The van der Waals surface area contributed by atoms with Crippen molar-refractivity contribution < 1.29 is 4.79 Å². The molecule has 0 atom stereocenters. The Morgan fingerprint density at radius 2 is 1.92 bits per heavy atom. The summed E-state index contributed by atoms with van der Waals surface area (Å²) in [6, 6.07) is 11.1. The molecular formula is C18H18N4O3S. The SMILES string of the molecule is Cc1ccsc1C(=O)N(C)c1c(N)n(Cc2ccccc2)c(=O)[nH]c1=O. The van der Waals surface area contributed by atoms with Gasteiger partial charge in [0.2, 0.25) is 0 Å². The Balaban J connectivity index is 2.06. The number of nitrogens with one attached hydrogen (secondary N) is 1. The minimum atomic E-state index is -0.693. The Morgan fingerprint density at radius 3 is 2.54 bits per heavy atom. The molecule has 3 N–H and O–H groups in total. The molecule has 1 amide bonds. The lowest BCUT2D eigenvalue weighted by atomic mass is 10.2. The summed E-state index contributed by atoms with van der Waals surface area (Å²) in [5.41, 5.74) is 6.43. The average Bonchev–Trinajstić information content (AvgIpc) is 3.04. The van der Waals surface area contributed by atoms with Gasteiger partial charge in [0.05, 0.1) is 11.4 Å². The van der Waals surface area contributed by atoms with Gasteiger partial charge in [0.1, 0.15) is 5.82 Å². The predicted molar refractivity (Wildman–Crippen MR) is 103 cm³/mol. The van der Waals surface area contributed by atoms with Gasteiger partial charge < -0.3 is 10.6 Å². The molecule has 134 valence electrons. The van der Waals surface area contributed by atoms with Crippen LogP contribution in [0.5, 0.6) is 0 Å². The van der Waals surface area contributed by atoms with Crippen LogP contribution in [0.1, 0.15) is 20.8 Å². The highest BCUT2D eigenvalue weighted by Crippen LogP contribution is 2.22. The second-order valence-electron chi connectivity index (χ2n) is 5.86. The second-order valence-corrected chi connectivity index (χ2v) is 6.78. The van der Waals surface area contributed by atoms with Gasteiger partial charge in [-0.15, -0.1) is 11.3 Å². The van der Waals surface area contributed by atoms with Crippen molar-refractivity contribution >= 4 is 28.7 Å². The first-order valence-electron chi connectivity index (χ1n) is 7.88. The number of carbonyl (C=O) groups excluding carboxylic acids is 1. The van der Waals surface area contributed by atoms with Crippen molar-refractivity contribution in [3.8, 4) is 0 Å². The van der Waals surface area contributed by atoms with Crippen molar-refractivity contribution in [1.82, 2.24) is 9.55 Å². The van der Waals surface area contributed by atoms with E-state index in [4.69, 9.17) is 5.73 Å². The summed E-state index contributed by atoms with van der Waals surface area (Å²) in [4.78, 5) is 41.2. The van der Waals surface area contributed by atoms with Gasteiger partial charge in [0.15, 0.2) is 5.69 Å². The number of rotatable bonds is 4. The van der Waals surface area contributed by atoms with E-state index in [1.807, 2.05) is 43.3 Å². The van der Waals surface area contributed by atoms with Crippen LogP contribution in [0, 0.1) is 6.92 Å². The number of amides is 1. The first-order valence-corrected chi connectivity index (χ1v) is 8.76. The Labute approximate surface area is 153 Å². The molecule has 2 aromatic heterocycles. The first kappa shape index (κ1) is 17.7. The van der Waals surface area contributed by atoms with Crippen LogP contribution in [0.3, 0.4) is 0 Å². The lowest BCUT2D eigenvalue weighted by Gasteiger charge is -2.20. The highest BCUT2D eigenvalue weighted by molar-refractivity contribution is 7.12. The molecule has 3 aromatic rings. The van der Waals surface area contributed by atoms with Crippen molar-refractivity contribution in [3.05, 3.63) is 78.6 Å². The van der Waals surface area contributed by atoms with E-state index in [9.17, 15) is 14.4 Å². The smallest absolute Gasteiger partial charge is 0.330 e. The fraction of sp³-hybridized carbons (Fsp3) is 0.167. The molecule has 0 radical (unpaired) electrons. The molecule has 0 saturated carbocycles. The molecule has 0 saturated heterocycles. The van der Waals surface area contributed by atoms with Gasteiger partial charge in [0.25, 0.3) is 11.5 Å². The topological polar surface area (TPSA) is 101 Å². The molecule has 0 aliphatic carbocycles. The fourth-order valence-corrected chi connectivity index (χ4v) is 3.57. The van der Waals surface area contributed by atoms with E-state index >= 15 is 0 Å². The summed E-state index contributed by atoms with van der Waals surface area (Å²) >= 11 is 1.29. The molecule has 0 aliphatic heterocycles. The number of aryl methyl sites for hydroxylation is 1. The van der Waals surface area contributed by atoms with Gasteiger partial charge in [-0.3, -0.25) is 19.1 Å². The van der Waals surface area contributed by atoms with Gasteiger partial charge in [-0.25, -0.2) is 4.79 Å². The van der Waals surface area contributed by atoms with E-state index < -0.39 is 11.2 Å². The van der Waals surface area contributed by atoms with Crippen molar-refractivity contribution in [3.63, 3.8) is 0 Å². The normalized spacial score (nSPS) is 10.7. The van der Waals surface area contributed by atoms with Crippen LogP contribution in [0.25, 0.3) is 0 Å². The lowest BCUT2D eigenvalue weighted by molar-refractivity contribution is 0.0996. The number of H-pyrrole nitrogens is 1. The zero-order valence-corrected chi connectivity index (χ0v) is 15.2. The largest absolute Gasteiger partial charge is 0.383 e. The Bertz CT molecular complexity index is 1070. The third-order valence-corrected chi connectivity index (χ3v) is 5.10. The number of thiophene rings is 1. The maximum atomic E-state index is 12.7. The fourth-order valence-electron chi connectivity index (χ4n) is 2.67. The first-order chi connectivity index (χ1) is 12.4. The van der Waals surface area contributed by atoms with Crippen LogP contribution in [-0.4, -0.2) is 22.5 Å². The van der Waals surface area contributed by atoms with Crippen LogP contribution in [0.2, 0.25) is 0 Å². The molecule has 0 fully saturated rings. The summed E-state index contributed by atoms with van der Waals surface area (Å²) in [6.45, 7) is 2.01. The molecule has 1 aromatic carbocycles. The number of aromatic amines is 1. The zero-order valence-electron chi connectivity index (χ0n) is 14.4. The van der Waals surface area contributed by atoms with E-state index in [0.717, 1.165) is 11.1 Å². The standard InChI is InChI=1S/C18H18N4O3S/c1-11-8-9-26-14(11)17(24)21(2)13-15(19)22(18(25)20-16(13)23)10-12-6-4-3-5-7-12/h3-9H,10,19H2,1-2H3,(H,20,23,25). The van der Waals surface area contributed by atoms with Gasteiger partial charge in [0, 0.05) is 7.05 Å². The number of hydrogen-bond acceptors (Lipinski definition) is 5. The molecular weight excluding hydrogens is 352 g/mol. The van der Waals surface area contributed by atoms with Crippen molar-refractivity contribution in [2.75, 3.05) is 17.7 Å². The molecule has 7 nitrogen and oxygen atoms in total. The summed E-state index contributed by atoms with van der Waals surface area (Å²) in [5, 5.41) is 1.81. The number of nitrogens with two attached hydrogens (primary N) is 1. The second kappa shape index (κ2) is 7.01. The minimum absolute atomic E-state index is 0.0432. The maximum Gasteiger partial charge on any atom is 0.330 e. The van der Waals surface area contributed by atoms with Gasteiger partial charge in [-0.05, 0) is 29.5 Å². The summed E-state index contributed by atoms with van der Waals surface area (Å²) in [6.07, 6.45) is 0. The number of anilines is 2. The molecule has 0 bridgehead atoms. The van der Waals surface area contributed by atoms with E-state index in [1.165, 1.54) is 27.9 Å². The Kier molecular flexibility index (Phi) is 4.77. The average molecular weight is 370 g/mol. The molecule has 2 heterocycles. The number of nitrogen functional groups attached to an aromatic ring is 1. The van der Waals surface area contributed by atoms with Crippen molar-refractivity contribution in [2.24, 2.45) is 0 Å². The predicted octanol–water partition coefficient (Wildman–Crippen LogP) is 1.81. The third-order valence-electron chi connectivity index (χ3n) is 4.09. The van der Waals surface area contributed by atoms with Crippen molar-refractivity contribution in [2.45, 2.75) is 13.5 Å². The number of hydrogen-bond donors (Lipinski definition) is 2. The van der Waals surface area contributed by atoms with E-state index in [2.05, 4.69) is 4.98 Å². The van der Waals surface area contributed by atoms with Crippen LogP contribution in [-0.2, 0) is 6.54 Å². The number of benzene rings is 1. The van der Waals surface area contributed by atoms with Crippen LogP contribution in [0.4, 0.5) is 11.5 Å². The monoisotopic (exact) mass is 370 g/mol. The summed E-state index contributed by atoms with van der Waals surface area (Å²) in [5.74, 6) is -0.396. The molecule has 8 heteroatoms.